The van der Waals surface area contributed by atoms with Crippen molar-refractivity contribution in [2.75, 3.05) is 26.7 Å². The van der Waals surface area contributed by atoms with E-state index in [0.29, 0.717) is 44.6 Å². The van der Waals surface area contributed by atoms with Gasteiger partial charge in [0.05, 0.1) is 18.8 Å². The molecule has 22 heavy (non-hydrogen) atoms. The van der Waals surface area contributed by atoms with E-state index in [4.69, 9.17) is 4.74 Å². The topological polar surface area (TPSA) is 95.6 Å². The molecule has 0 aromatic carbocycles. The molecular weight excluding hydrogens is 288 g/mol. The number of ether oxygens (including phenoxy) is 1. The zero-order valence-electron chi connectivity index (χ0n) is 12.4. The average molecular weight is 306 g/mol. The van der Waals surface area contributed by atoms with E-state index < -0.39 is 5.60 Å². The Labute approximate surface area is 127 Å². The molecule has 1 N–H and O–H groups in total. The Bertz CT molecular complexity index is 638. The predicted molar refractivity (Wildman–Crippen MR) is 76.2 cm³/mol. The lowest BCUT2D eigenvalue weighted by Gasteiger charge is -2.21. The normalized spacial score (nSPS) is 24.1. The third-order valence-corrected chi connectivity index (χ3v) is 4.14. The van der Waals surface area contributed by atoms with Gasteiger partial charge in [0, 0.05) is 38.9 Å². The number of aryl methyl sites for hydroxylation is 1. The summed E-state index contributed by atoms with van der Waals surface area (Å²) in [5, 5.41) is 6.23. The monoisotopic (exact) mass is 306 g/mol. The van der Waals surface area contributed by atoms with Crippen LogP contribution in [0.25, 0.3) is 0 Å². The van der Waals surface area contributed by atoms with Crippen LogP contribution in [0.1, 0.15) is 18.5 Å². The maximum Gasteiger partial charge on any atom is 0.410 e. The number of nitrogens with one attached hydrogen (secondary N) is 1. The van der Waals surface area contributed by atoms with Crippen LogP contribution in [0.4, 0.5) is 4.79 Å². The van der Waals surface area contributed by atoms with Crippen LogP contribution in [0, 0.1) is 0 Å². The number of aromatic nitrogens is 2. The molecule has 2 fully saturated rings. The summed E-state index contributed by atoms with van der Waals surface area (Å²) in [6.07, 6.45) is 1.13. The summed E-state index contributed by atoms with van der Waals surface area (Å²) in [5.41, 5.74) is -0.129. The van der Waals surface area contributed by atoms with Gasteiger partial charge in [-0.3, -0.25) is 9.59 Å². The van der Waals surface area contributed by atoms with E-state index >= 15 is 0 Å². The second-order valence-corrected chi connectivity index (χ2v) is 5.88. The number of carbonyl (C=O) groups is 2. The minimum atomic E-state index is -0.544. The highest BCUT2D eigenvalue weighted by Crippen LogP contribution is 2.31. The zero-order chi connectivity index (χ0) is 15.7. The summed E-state index contributed by atoms with van der Waals surface area (Å²) >= 11 is 0. The van der Waals surface area contributed by atoms with Crippen molar-refractivity contribution in [3.8, 4) is 0 Å². The number of likely N-dealkylation sites (N-methyl/N-ethyl adjacent to an activating group) is 1. The fourth-order valence-corrected chi connectivity index (χ4v) is 2.97. The molecule has 2 amide bonds. The van der Waals surface area contributed by atoms with E-state index in [9.17, 15) is 14.4 Å². The summed E-state index contributed by atoms with van der Waals surface area (Å²) in [4.78, 5) is 38.0. The summed E-state index contributed by atoms with van der Waals surface area (Å²) in [6.45, 7) is 1.57. The number of carbonyl (C=O) groups excluding carboxylic acids is 2. The second kappa shape index (κ2) is 5.43. The molecule has 0 radical (unpaired) electrons. The molecule has 118 valence electrons. The SMILES string of the molecule is CN1C[C@@]2(CCN(C(=O)CCc3ccc(=O)[nH]n3)C2)OC1=O. The van der Waals surface area contributed by atoms with Crippen molar-refractivity contribution >= 4 is 12.0 Å². The van der Waals surface area contributed by atoms with Crippen LogP contribution < -0.4 is 5.56 Å². The van der Waals surface area contributed by atoms with Crippen LogP contribution in [-0.4, -0.2) is 64.3 Å². The predicted octanol–water partition coefficient (Wildman–Crippen LogP) is -0.244. The smallest absolute Gasteiger partial charge is 0.410 e. The average Bonchev–Trinajstić information content (AvgIpc) is 3.02. The van der Waals surface area contributed by atoms with Gasteiger partial charge in [0.25, 0.3) is 5.56 Å². The lowest BCUT2D eigenvalue weighted by atomic mass is 10.0. The van der Waals surface area contributed by atoms with Crippen molar-refractivity contribution in [3.63, 3.8) is 0 Å². The molecule has 8 heteroatoms. The van der Waals surface area contributed by atoms with Crippen LogP contribution in [0.2, 0.25) is 0 Å². The van der Waals surface area contributed by atoms with Crippen molar-refractivity contribution in [2.24, 2.45) is 0 Å². The zero-order valence-corrected chi connectivity index (χ0v) is 12.4. The molecule has 1 atom stereocenters. The molecule has 0 bridgehead atoms. The molecule has 2 saturated heterocycles. The Morgan fingerprint density at radius 1 is 1.41 bits per heavy atom. The number of hydrogen-bond donors (Lipinski definition) is 1. The summed E-state index contributed by atoms with van der Waals surface area (Å²) in [5.74, 6) is 0.00970. The number of nitrogens with zero attached hydrogens (tertiary/aromatic N) is 3. The number of amides is 2. The molecule has 1 aromatic rings. The first-order chi connectivity index (χ1) is 10.5. The number of aromatic amines is 1. The van der Waals surface area contributed by atoms with Gasteiger partial charge < -0.3 is 14.5 Å². The van der Waals surface area contributed by atoms with E-state index in [0.717, 1.165) is 0 Å². The van der Waals surface area contributed by atoms with Crippen molar-refractivity contribution in [1.82, 2.24) is 20.0 Å². The highest BCUT2D eigenvalue weighted by molar-refractivity contribution is 5.77. The molecule has 1 aromatic heterocycles. The standard InChI is InChI=1S/C14H18N4O4/c1-17-8-14(22-13(17)21)6-7-18(9-14)12(20)5-3-10-2-4-11(19)16-15-10/h2,4H,3,5-9H2,1H3,(H,16,19)/t14-/m1/s1. The molecule has 2 aliphatic heterocycles. The lowest BCUT2D eigenvalue weighted by Crippen LogP contribution is -2.39. The first-order valence-corrected chi connectivity index (χ1v) is 7.24. The Morgan fingerprint density at radius 2 is 2.23 bits per heavy atom. The number of rotatable bonds is 3. The minimum Gasteiger partial charge on any atom is -0.439 e. The highest BCUT2D eigenvalue weighted by atomic mass is 16.6. The van der Waals surface area contributed by atoms with Gasteiger partial charge in [-0.15, -0.1) is 0 Å². The van der Waals surface area contributed by atoms with Crippen LogP contribution in [-0.2, 0) is 16.0 Å². The van der Waals surface area contributed by atoms with Gasteiger partial charge in [0.1, 0.15) is 0 Å². The van der Waals surface area contributed by atoms with E-state index in [1.165, 1.54) is 11.0 Å². The van der Waals surface area contributed by atoms with Crippen molar-refractivity contribution in [1.29, 1.82) is 0 Å². The molecule has 2 aliphatic rings. The van der Waals surface area contributed by atoms with Crippen molar-refractivity contribution in [2.45, 2.75) is 24.9 Å². The molecule has 8 nitrogen and oxygen atoms in total. The molecule has 0 saturated carbocycles. The quantitative estimate of drug-likeness (QED) is 0.831. The third-order valence-electron chi connectivity index (χ3n) is 4.14. The Hall–Kier alpha value is -2.38. The molecular formula is C14H18N4O4. The Balaban J connectivity index is 1.55. The molecule has 3 heterocycles. The molecule has 1 spiro atoms. The minimum absolute atomic E-state index is 0.00970. The van der Waals surface area contributed by atoms with E-state index in [1.54, 1.807) is 18.0 Å². The van der Waals surface area contributed by atoms with Crippen LogP contribution in [0.5, 0.6) is 0 Å². The van der Waals surface area contributed by atoms with E-state index in [1.807, 2.05) is 0 Å². The first kappa shape index (κ1) is 14.6. The highest BCUT2D eigenvalue weighted by Gasteiger charge is 2.49. The van der Waals surface area contributed by atoms with Crippen molar-refractivity contribution < 1.29 is 14.3 Å². The maximum absolute atomic E-state index is 12.3. The van der Waals surface area contributed by atoms with Crippen LogP contribution in [0.3, 0.4) is 0 Å². The summed E-state index contributed by atoms with van der Waals surface area (Å²) in [7, 11) is 1.70. The Morgan fingerprint density at radius 3 is 2.86 bits per heavy atom. The summed E-state index contributed by atoms with van der Waals surface area (Å²) in [6, 6.07) is 3.01. The first-order valence-electron chi connectivity index (χ1n) is 7.24. The number of hydrogen-bond acceptors (Lipinski definition) is 5. The van der Waals surface area contributed by atoms with Gasteiger partial charge in [-0.1, -0.05) is 0 Å². The van der Waals surface area contributed by atoms with Crippen molar-refractivity contribution in [3.05, 3.63) is 28.2 Å². The fourth-order valence-electron chi connectivity index (χ4n) is 2.97. The fraction of sp³-hybridized carbons (Fsp3) is 0.571. The van der Waals surface area contributed by atoms with Gasteiger partial charge in [0.2, 0.25) is 5.91 Å². The number of H-pyrrole nitrogens is 1. The largest absolute Gasteiger partial charge is 0.439 e. The van der Waals surface area contributed by atoms with Gasteiger partial charge in [-0.2, -0.15) is 5.10 Å². The van der Waals surface area contributed by atoms with Crippen LogP contribution >= 0.6 is 0 Å². The summed E-state index contributed by atoms with van der Waals surface area (Å²) < 4.78 is 5.42. The van der Waals surface area contributed by atoms with E-state index in [2.05, 4.69) is 10.2 Å². The second-order valence-electron chi connectivity index (χ2n) is 5.88. The molecule has 3 rings (SSSR count). The maximum atomic E-state index is 12.3. The third kappa shape index (κ3) is 2.81. The van der Waals surface area contributed by atoms with Gasteiger partial charge in [-0.05, 0) is 6.07 Å². The lowest BCUT2D eigenvalue weighted by molar-refractivity contribution is -0.130. The van der Waals surface area contributed by atoms with Gasteiger partial charge in [-0.25, -0.2) is 9.89 Å². The van der Waals surface area contributed by atoms with Crippen LogP contribution in [0.15, 0.2) is 16.9 Å². The van der Waals surface area contributed by atoms with E-state index in [-0.39, 0.29) is 17.6 Å². The number of likely N-dealkylation sites (tertiary alicyclic amines) is 1. The molecule has 0 unspecified atom stereocenters. The molecule has 0 aliphatic carbocycles. The van der Waals surface area contributed by atoms with Gasteiger partial charge in [0.15, 0.2) is 5.60 Å². The van der Waals surface area contributed by atoms with Gasteiger partial charge >= 0.3 is 6.09 Å². The Kier molecular flexibility index (Phi) is 3.59.